The number of hydrogen-bond donors (Lipinski definition) is 2. The SMILES string of the molecule is CCOc1ccc(Nc2ncc(C)c(Nc3ccc4ocnc4c3)n2)c(F)c1OCC. The van der Waals surface area contributed by atoms with Gasteiger partial charge >= 0.3 is 0 Å². The second-order valence-corrected chi connectivity index (χ2v) is 6.63. The molecular formula is C22H22FN5O3. The van der Waals surface area contributed by atoms with Crippen LogP contribution < -0.4 is 20.1 Å². The number of oxazole rings is 1. The van der Waals surface area contributed by atoms with Crippen molar-refractivity contribution in [1.82, 2.24) is 15.0 Å². The number of rotatable bonds is 8. The first kappa shape index (κ1) is 20.4. The van der Waals surface area contributed by atoms with Crippen molar-refractivity contribution in [3.05, 3.63) is 54.3 Å². The molecule has 0 amide bonds. The van der Waals surface area contributed by atoms with E-state index in [4.69, 9.17) is 13.9 Å². The Balaban J connectivity index is 1.60. The number of aromatic nitrogens is 3. The molecule has 0 saturated heterocycles. The van der Waals surface area contributed by atoms with Gasteiger partial charge in [0.25, 0.3) is 0 Å². The standard InChI is InChI=1S/C22H22FN5O3/c1-4-29-18-9-7-15(19(23)20(18)30-5-2)27-22-24-11-13(3)21(28-22)26-14-6-8-17-16(10-14)25-12-31-17/h6-12H,4-5H2,1-3H3,(H2,24,26,27,28). The fourth-order valence-electron chi connectivity index (χ4n) is 3.00. The van der Waals surface area contributed by atoms with Crippen molar-refractivity contribution in [2.75, 3.05) is 23.8 Å². The molecule has 0 aliphatic carbocycles. The van der Waals surface area contributed by atoms with Gasteiger partial charge in [-0.3, -0.25) is 0 Å². The smallest absolute Gasteiger partial charge is 0.229 e. The van der Waals surface area contributed by atoms with Crippen molar-refractivity contribution < 1.29 is 18.3 Å². The highest BCUT2D eigenvalue weighted by molar-refractivity contribution is 5.78. The summed E-state index contributed by atoms with van der Waals surface area (Å²) in [5, 5.41) is 6.16. The Hall–Kier alpha value is -3.88. The number of halogens is 1. The number of anilines is 4. The normalized spacial score (nSPS) is 10.8. The van der Waals surface area contributed by atoms with Crippen molar-refractivity contribution in [3.63, 3.8) is 0 Å². The van der Waals surface area contributed by atoms with E-state index in [1.807, 2.05) is 32.0 Å². The van der Waals surface area contributed by atoms with Crippen LogP contribution in [0.5, 0.6) is 11.5 Å². The molecule has 4 rings (SSSR count). The summed E-state index contributed by atoms with van der Waals surface area (Å²) in [7, 11) is 0. The summed E-state index contributed by atoms with van der Waals surface area (Å²) in [6, 6.07) is 8.76. The third-order valence-corrected chi connectivity index (χ3v) is 4.46. The summed E-state index contributed by atoms with van der Waals surface area (Å²) >= 11 is 0. The quantitative estimate of drug-likeness (QED) is 0.392. The third-order valence-electron chi connectivity index (χ3n) is 4.46. The van der Waals surface area contributed by atoms with Crippen LogP contribution in [0.2, 0.25) is 0 Å². The summed E-state index contributed by atoms with van der Waals surface area (Å²) in [5.74, 6) is 0.657. The average molecular weight is 423 g/mol. The number of nitrogens with one attached hydrogen (secondary N) is 2. The van der Waals surface area contributed by atoms with E-state index in [0.29, 0.717) is 30.4 Å². The van der Waals surface area contributed by atoms with Gasteiger partial charge in [0.1, 0.15) is 11.3 Å². The Morgan fingerprint density at radius 3 is 2.68 bits per heavy atom. The topological polar surface area (TPSA) is 94.3 Å². The highest BCUT2D eigenvalue weighted by Crippen LogP contribution is 2.36. The minimum absolute atomic E-state index is 0.0562. The Morgan fingerprint density at radius 2 is 1.87 bits per heavy atom. The highest BCUT2D eigenvalue weighted by Gasteiger charge is 2.17. The Morgan fingerprint density at radius 1 is 1.03 bits per heavy atom. The second-order valence-electron chi connectivity index (χ2n) is 6.63. The first-order valence-corrected chi connectivity index (χ1v) is 9.88. The molecule has 0 radical (unpaired) electrons. The van der Waals surface area contributed by atoms with Crippen LogP contribution in [-0.2, 0) is 0 Å². The van der Waals surface area contributed by atoms with Crippen molar-refractivity contribution in [1.29, 1.82) is 0 Å². The molecule has 0 atom stereocenters. The molecule has 0 bridgehead atoms. The molecule has 2 N–H and O–H groups in total. The number of ether oxygens (including phenoxy) is 2. The molecule has 8 nitrogen and oxygen atoms in total. The molecule has 2 aromatic carbocycles. The van der Waals surface area contributed by atoms with Crippen molar-refractivity contribution in [2.24, 2.45) is 0 Å². The van der Waals surface area contributed by atoms with Crippen LogP contribution in [0.4, 0.5) is 27.5 Å². The molecule has 31 heavy (non-hydrogen) atoms. The van der Waals surface area contributed by atoms with Crippen LogP contribution in [0.15, 0.2) is 47.3 Å². The van der Waals surface area contributed by atoms with Crippen molar-refractivity contribution in [2.45, 2.75) is 20.8 Å². The predicted octanol–water partition coefficient (Wildman–Crippen LogP) is 5.35. The molecule has 2 aromatic heterocycles. The molecule has 0 unspecified atom stereocenters. The van der Waals surface area contributed by atoms with Crippen molar-refractivity contribution in [3.8, 4) is 11.5 Å². The van der Waals surface area contributed by atoms with E-state index in [-0.39, 0.29) is 17.4 Å². The fourth-order valence-corrected chi connectivity index (χ4v) is 3.00. The number of nitrogens with zero attached hydrogens (tertiary/aromatic N) is 3. The predicted molar refractivity (Wildman–Crippen MR) is 116 cm³/mol. The second kappa shape index (κ2) is 8.86. The van der Waals surface area contributed by atoms with Crippen LogP contribution in [-0.4, -0.2) is 28.2 Å². The molecule has 4 aromatic rings. The van der Waals surface area contributed by atoms with Gasteiger partial charge in [0, 0.05) is 17.4 Å². The molecule has 2 heterocycles. The molecule has 0 aliphatic rings. The molecule has 160 valence electrons. The first-order valence-electron chi connectivity index (χ1n) is 9.88. The van der Waals surface area contributed by atoms with E-state index in [1.165, 1.54) is 6.39 Å². The number of benzene rings is 2. The lowest BCUT2D eigenvalue weighted by molar-refractivity contribution is 0.276. The minimum atomic E-state index is -0.567. The summed E-state index contributed by atoms with van der Waals surface area (Å²) < 4.78 is 31.2. The van der Waals surface area contributed by atoms with Crippen LogP contribution in [0.3, 0.4) is 0 Å². The first-order chi connectivity index (χ1) is 15.1. The fraction of sp³-hybridized carbons (Fsp3) is 0.227. The van der Waals surface area contributed by atoms with Gasteiger partial charge < -0.3 is 24.5 Å². The van der Waals surface area contributed by atoms with Gasteiger partial charge in [0.15, 0.2) is 29.3 Å². The van der Waals surface area contributed by atoms with Gasteiger partial charge in [0.2, 0.25) is 5.95 Å². The van der Waals surface area contributed by atoms with Crippen LogP contribution in [0.1, 0.15) is 19.4 Å². The maximum atomic E-state index is 15.0. The monoisotopic (exact) mass is 423 g/mol. The largest absolute Gasteiger partial charge is 0.490 e. The maximum absolute atomic E-state index is 15.0. The van der Waals surface area contributed by atoms with Gasteiger partial charge in [-0.25, -0.2) is 14.4 Å². The third kappa shape index (κ3) is 4.35. The zero-order valence-electron chi connectivity index (χ0n) is 17.4. The summed E-state index contributed by atoms with van der Waals surface area (Å²) in [6.07, 6.45) is 3.05. The van der Waals surface area contributed by atoms with E-state index in [9.17, 15) is 0 Å². The Labute approximate surface area is 178 Å². The number of aryl methyl sites for hydroxylation is 1. The highest BCUT2D eigenvalue weighted by atomic mass is 19.1. The summed E-state index contributed by atoms with van der Waals surface area (Å²) in [5.41, 5.74) is 3.23. The molecule has 0 spiro atoms. The van der Waals surface area contributed by atoms with Gasteiger partial charge in [-0.2, -0.15) is 4.98 Å². The number of fused-ring (bicyclic) bond motifs is 1. The van der Waals surface area contributed by atoms with E-state index in [2.05, 4.69) is 25.6 Å². The van der Waals surface area contributed by atoms with E-state index < -0.39 is 5.82 Å². The Kier molecular flexibility index (Phi) is 5.83. The lowest BCUT2D eigenvalue weighted by atomic mass is 10.2. The van der Waals surface area contributed by atoms with Crippen LogP contribution in [0.25, 0.3) is 11.1 Å². The van der Waals surface area contributed by atoms with E-state index in [0.717, 1.165) is 16.8 Å². The lowest BCUT2D eigenvalue weighted by Crippen LogP contribution is -2.06. The van der Waals surface area contributed by atoms with Gasteiger partial charge in [-0.15, -0.1) is 0 Å². The Bertz CT molecular complexity index is 1210. The molecular weight excluding hydrogens is 401 g/mol. The average Bonchev–Trinajstić information content (AvgIpc) is 3.23. The van der Waals surface area contributed by atoms with Crippen LogP contribution in [0, 0.1) is 12.7 Å². The van der Waals surface area contributed by atoms with E-state index >= 15 is 4.39 Å². The molecule has 9 heteroatoms. The maximum Gasteiger partial charge on any atom is 0.229 e. The van der Waals surface area contributed by atoms with Crippen molar-refractivity contribution >= 4 is 34.2 Å². The van der Waals surface area contributed by atoms with E-state index in [1.54, 1.807) is 25.3 Å². The zero-order chi connectivity index (χ0) is 21.8. The lowest BCUT2D eigenvalue weighted by Gasteiger charge is -2.15. The van der Waals surface area contributed by atoms with Gasteiger partial charge in [-0.05, 0) is 51.1 Å². The summed E-state index contributed by atoms with van der Waals surface area (Å²) in [4.78, 5) is 12.9. The van der Waals surface area contributed by atoms with Gasteiger partial charge in [-0.1, -0.05) is 0 Å². The minimum Gasteiger partial charge on any atom is -0.490 e. The molecule has 0 aliphatic heterocycles. The van der Waals surface area contributed by atoms with Crippen LogP contribution >= 0.6 is 0 Å². The number of hydrogen-bond acceptors (Lipinski definition) is 8. The molecule has 0 saturated carbocycles. The van der Waals surface area contributed by atoms with Gasteiger partial charge in [0.05, 0.1) is 18.9 Å². The molecule has 0 fully saturated rings. The summed E-state index contributed by atoms with van der Waals surface area (Å²) in [6.45, 7) is 6.21. The zero-order valence-corrected chi connectivity index (χ0v) is 17.4.